The predicted molar refractivity (Wildman–Crippen MR) is 85.2 cm³/mol. The van der Waals surface area contributed by atoms with Gasteiger partial charge in [0.15, 0.2) is 22.8 Å². The van der Waals surface area contributed by atoms with Crippen molar-refractivity contribution < 1.29 is 24.7 Å². The molecule has 0 amide bonds. The van der Waals surface area contributed by atoms with Crippen LogP contribution in [0.1, 0.15) is 43.7 Å². The summed E-state index contributed by atoms with van der Waals surface area (Å²) in [5.41, 5.74) is -3.10. The lowest BCUT2D eigenvalue weighted by atomic mass is 9.62. The Labute approximate surface area is 139 Å². The van der Waals surface area contributed by atoms with Crippen molar-refractivity contribution in [1.29, 1.82) is 0 Å². The van der Waals surface area contributed by atoms with E-state index in [4.69, 9.17) is 0 Å². The van der Waals surface area contributed by atoms with E-state index < -0.39 is 39.7 Å². The molecule has 4 atom stereocenters. The quantitative estimate of drug-likeness (QED) is 0.630. The second kappa shape index (κ2) is 6.07. The van der Waals surface area contributed by atoms with Gasteiger partial charge in [0.1, 0.15) is 0 Å². The zero-order valence-electron chi connectivity index (χ0n) is 13.9. The lowest BCUT2D eigenvalue weighted by Gasteiger charge is -2.45. The summed E-state index contributed by atoms with van der Waals surface area (Å²) in [6, 6.07) is 5.12. The molecule has 7 nitrogen and oxygen atoms in total. The van der Waals surface area contributed by atoms with E-state index in [1.807, 2.05) is 19.1 Å². The van der Waals surface area contributed by atoms with Crippen molar-refractivity contribution in [1.82, 2.24) is 0 Å². The third kappa shape index (κ3) is 2.85. The molecule has 7 heteroatoms. The van der Waals surface area contributed by atoms with Gasteiger partial charge in [0, 0.05) is 4.92 Å². The van der Waals surface area contributed by atoms with Gasteiger partial charge in [-0.2, -0.15) is 0 Å². The summed E-state index contributed by atoms with van der Waals surface area (Å²) in [6.45, 7) is 3.97. The monoisotopic (exact) mass is 335 g/mol. The molecule has 2 unspecified atom stereocenters. The van der Waals surface area contributed by atoms with E-state index >= 15 is 0 Å². The van der Waals surface area contributed by atoms with Crippen molar-refractivity contribution in [2.45, 2.75) is 56.8 Å². The summed E-state index contributed by atoms with van der Waals surface area (Å²) < 4.78 is 0. The van der Waals surface area contributed by atoms with Crippen molar-refractivity contribution >= 4 is 11.6 Å². The molecule has 0 bridgehead atoms. The first-order chi connectivity index (χ1) is 11.0. The zero-order valence-corrected chi connectivity index (χ0v) is 13.9. The average Bonchev–Trinajstić information content (AvgIpc) is 2.46. The van der Waals surface area contributed by atoms with Crippen molar-refractivity contribution in [3.63, 3.8) is 0 Å². The van der Waals surface area contributed by atoms with Crippen LogP contribution in [0.25, 0.3) is 0 Å². The third-order valence-corrected chi connectivity index (χ3v) is 5.00. The maximum absolute atomic E-state index is 12.0. The van der Waals surface area contributed by atoms with Crippen LogP contribution in [0.3, 0.4) is 0 Å². The second-order valence-electron chi connectivity index (χ2n) is 6.66. The number of nitro groups is 1. The Morgan fingerprint density at radius 1 is 1.08 bits per heavy atom. The van der Waals surface area contributed by atoms with E-state index in [9.17, 15) is 29.9 Å². The van der Waals surface area contributed by atoms with Gasteiger partial charge in [-0.05, 0) is 45.1 Å². The normalized spacial score (nSPS) is 33.0. The molecular weight excluding hydrogens is 314 g/mol. The Kier molecular flexibility index (Phi) is 4.61. The number of benzene rings is 1. The molecule has 24 heavy (non-hydrogen) atoms. The number of rotatable bonds is 4. The van der Waals surface area contributed by atoms with Crippen molar-refractivity contribution in [3.8, 4) is 0 Å². The first-order valence-corrected chi connectivity index (χ1v) is 7.69. The van der Waals surface area contributed by atoms with E-state index in [1.165, 1.54) is 0 Å². The minimum atomic E-state index is -2.41. The van der Waals surface area contributed by atoms with Crippen molar-refractivity contribution in [2.75, 3.05) is 0 Å². The van der Waals surface area contributed by atoms with Gasteiger partial charge in [-0.25, -0.2) is 0 Å². The topological polar surface area (TPSA) is 118 Å². The smallest absolute Gasteiger partial charge is 0.283 e. The minimum Gasteiger partial charge on any atom is -0.376 e. The molecule has 1 aliphatic rings. The standard InChI is InChI=1S/C17H21NO6/c1-10-4-6-13(7-5-10)14-8-16(21,11(2)19)15(18(23)24)17(22,9-14)12(3)20/h4-7,14-15,21-22H,8-9H2,1-3H3/t14?,15?,16-,17+. The summed E-state index contributed by atoms with van der Waals surface area (Å²) in [5.74, 6) is -2.22. The molecule has 1 aromatic carbocycles. The first kappa shape index (κ1) is 18.2. The average molecular weight is 335 g/mol. The molecule has 0 saturated heterocycles. The van der Waals surface area contributed by atoms with Gasteiger partial charge in [-0.1, -0.05) is 29.8 Å². The molecule has 2 N–H and O–H groups in total. The fourth-order valence-corrected chi connectivity index (χ4v) is 3.54. The van der Waals surface area contributed by atoms with Crippen LogP contribution in [-0.4, -0.2) is 43.9 Å². The van der Waals surface area contributed by atoms with Crippen LogP contribution >= 0.6 is 0 Å². The fourth-order valence-electron chi connectivity index (χ4n) is 3.54. The molecule has 0 heterocycles. The lowest BCUT2D eigenvalue weighted by Crippen LogP contribution is -2.69. The lowest BCUT2D eigenvalue weighted by molar-refractivity contribution is -0.564. The summed E-state index contributed by atoms with van der Waals surface area (Å²) in [4.78, 5) is 34.5. The van der Waals surface area contributed by atoms with E-state index in [0.29, 0.717) is 5.56 Å². The van der Waals surface area contributed by atoms with Crippen LogP contribution in [-0.2, 0) is 9.59 Å². The maximum Gasteiger partial charge on any atom is 0.283 e. The number of ketones is 2. The molecule has 130 valence electrons. The SMILES string of the molecule is CC(=O)[C@]1(O)CC(c2ccc(C)cc2)C[C@](O)(C(C)=O)C1[N+](=O)[O-]. The van der Waals surface area contributed by atoms with Gasteiger partial charge in [0.2, 0.25) is 0 Å². The van der Waals surface area contributed by atoms with E-state index in [-0.39, 0.29) is 12.8 Å². The number of carbonyl (C=O) groups is 2. The number of hydrogen-bond acceptors (Lipinski definition) is 6. The van der Waals surface area contributed by atoms with Gasteiger partial charge in [0.25, 0.3) is 6.04 Å². The van der Waals surface area contributed by atoms with Gasteiger partial charge in [-0.15, -0.1) is 0 Å². The molecule has 0 aliphatic heterocycles. The Hall–Kier alpha value is -2.12. The Balaban J connectivity index is 2.58. The minimum absolute atomic E-state index is 0.216. The number of carbonyl (C=O) groups excluding carboxylic acids is 2. The molecular formula is C17H21NO6. The third-order valence-electron chi connectivity index (χ3n) is 5.00. The molecule has 0 aromatic heterocycles. The maximum atomic E-state index is 12.0. The van der Waals surface area contributed by atoms with Crippen LogP contribution in [0.2, 0.25) is 0 Å². The number of aryl methyl sites for hydroxylation is 1. The molecule has 2 rings (SSSR count). The molecule has 1 aromatic rings. The van der Waals surface area contributed by atoms with Crippen LogP contribution < -0.4 is 0 Å². The first-order valence-electron chi connectivity index (χ1n) is 7.69. The molecule has 0 spiro atoms. The summed E-state index contributed by atoms with van der Waals surface area (Å²) >= 11 is 0. The van der Waals surface area contributed by atoms with Crippen LogP contribution in [0, 0.1) is 17.0 Å². The van der Waals surface area contributed by atoms with Crippen molar-refractivity contribution in [2.24, 2.45) is 0 Å². The largest absolute Gasteiger partial charge is 0.376 e. The fraction of sp³-hybridized carbons (Fsp3) is 0.529. The highest BCUT2D eigenvalue weighted by Crippen LogP contribution is 2.46. The Bertz CT molecular complexity index is 655. The zero-order chi connectivity index (χ0) is 18.3. The molecule has 1 fully saturated rings. The number of aliphatic hydroxyl groups is 2. The highest BCUT2D eigenvalue weighted by molar-refractivity contribution is 5.91. The number of hydrogen-bond donors (Lipinski definition) is 2. The van der Waals surface area contributed by atoms with Gasteiger partial charge in [-0.3, -0.25) is 19.7 Å². The van der Waals surface area contributed by atoms with Crippen LogP contribution in [0.15, 0.2) is 24.3 Å². The van der Waals surface area contributed by atoms with E-state index in [1.54, 1.807) is 12.1 Å². The second-order valence-corrected chi connectivity index (χ2v) is 6.66. The number of Topliss-reactive ketones (excluding diaryl/α,β-unsaturated/α-hetero) is 2. The van der Waals surface area contributed by atoms with E-state index in [0.717, 1.165) is 19.4 Å². The highest BCUT2D eigenvalue weighted by atomic mass is 16.6. The van der Waals surface area contributed by atoms with Crippen LogP contribution in [0.5, 0.6) is 0 Å². The van der Waals surface area contributed by atoms with E-state index in [2.05, 4.69) is 0 Å². The Morgan fingerprint density at radius 3 is 1.83 bits per heavy atom. The summed E-state index contributed by atoms with van der Waals surface area (Å²) in [7, 11) is 0. The van der Waals surface area contributed by atoms with Gasteiger partial charge < -0.3 is 10.2 Å². The number of nitrogens with zero attached hydrogens (tertiary/aromatic N) is 1. The predicted octanol–water partition coefficient (Wildman–Crippen LogP) is 1.16. The Morgan fingerprint density at radius 2 is 1.50 bits per heavy atom. The van der Waals surface area contributed by atoms with Gasteiger partial charge in [0.05, 0.1) is 0 Å². The summed E-state index contributed by atoms with van der Waals surface area (Å²) in [6.07, 6.45) is -0.431. The molecule has 1 saturated carbocycles. The molecule has 1 aliphatic carbocycles. The van der Waals surface area contributed by atoms with Crippen LogP contribution in [0.4, 0.5) is 0 Å². The summed E-state index contributed by atoms with van der Waals surface area (Å²) in [5, 5.41) is 33.0. The van der Waals surface area contributed by atoms with Gasteiger partial charge >= 0.3 is 0 Å². The van der Waals surface area contributed by atoms with Crippen molar-refractivity contribution in [3.05, 3.63) is 45.5 Å². The molecule has 0 radical (unpaired) electrons. The highest BCUT2D eigenvalue weighted by Gasteiger charge is 2.67.